The van der Waals surface area contributed by atoms with Crippen LogP contribution in [0.15, 0.2) is 101 Å². The lowest BCUT2D eigenvalue weighted by Crippen LogP contribution is -2.54. The Morgan fingerprint density at radius 2 is 1.33 bits per heavy atom. The minimum absolute atomic E-state index is 0.0555. The minimum atomic E-state index is -2.19. The van der Waals surface area contributed by atoms with Crippen molar-refractivity contribution in [1.82, 2.24) is 13.9 Å². The Hall–Kier alpha value is -3.43. The second kappa shape index (κ2) is 9.95. The summed E-state index contributed by atoms with van der Waals surface area (Å²) in [6.07, 6.45) is 2.08. The average molecular weight is 554 g/mol. The summed E-state index contributed by atoms with van der Waals surface area (Å²) in [5, 5.41) is 2.69. The lowest BCUT2D eigenvalue weighted by Gasteiger charge is -2.41. The number of fused-ring (bicyclic) bond motifs is 1. The molecule has 5 nitrogen and oxygen atoms in total. The summed E-state index contributed by atoms with van der Waals surface area (Å²) in [6.45, 7) is 18.6. The first-order valence-electron chi connectivity index (χ1n) is 13.7. The molecule has 202 valence electrons. The van der Waals surface area contributed by atoms with E-state index in [2.05, 4.69) is 101 Å². The molecule has 3 aromatic carbocycles. The summed E-state index contributed by atoms with van der Waals surface area (Å²) in [7, 11) is -4.34. The van der Waals surface area contributed by atoms with E-state index in [1.807, 2.05) is 30.3 Å². The van der Waals surface area contributed by atoms with Crippen LogP contribution in [0.1, 0.15) is 17.2 Å². The average Bonchev–Trinajstić information content (AvgIpc) is 3.41. The molecular formula is C32H39N3O2Si2. The van der Waals surface area contributed by atoms with Crippen molar-refractivity contribution in [2.24, 2.45) is 0 Å². The molecule has 3 atom stereocenters. The molecule has 0 saturated heterocycles. The number of para-hydroxylation sites is 1. The van der Waals surface area contributed by atoms with Crippen LogP contribution in [-0.4, -0.2) is 30.1 Å². The molecule has 0 radical (unpaired) electrons. The van der Waals surface area contributed by atoms with Gasteiger partial charge in [0.05, 0.1) is 27.9 Å². The summed E-state index contributed by atoms with van der Waals surface area (Å²) >= 11 is 0. The molecule has 1 aliphatic heterocycles. The Morgan fingerprint density at radius 1 is 0.795 bits per heavy atom. The van der Waals surface area contributed by atoms with Gasteiger partial charge in [-0.3, -0.25) is 0 Å². The summed E-state index contributed by atoms with van der Waals surface area (Å²) in [4.78, 5) is 28.0. The van der Waals surface area contributed by atoms with Gasteiger partial charge in [0.15, 0.2) is 0 Å². The van der Waals surface area contributed by atoms with Crippen LogP contribution in [0.3, 0.4) is 0 Å². The number of benzene rings is 3. The minimum Gasteiger partial charge on any atom is -0.246 e. The Bertz CT molecular complexity index is 1610. The fourth-order valence-electron chi connectivity index (χ4n) is 6.50. The molecule has 0 fully saturated rings. The second-order valence-electron chi connectivity index (χ2n) is 12.2. The molecule has 5 rings (SSSR count). The lowest BCUT2D eigenvalue weighted by molar-refractivity contribution is 0.465. The predicted molar refractivity (Wildman–Crippen MR) is 168 cm³/mol. The first kappa shape index (κ1) is 27.2. The number of nitrogens with zero attached hydrogens (tertiary/aromatic N) is 3. The molecule has 0 saturated carbocycles. The van der Waals surface area contributed by atoms with E-state index in [0.717, 1.165) is 0 Å². The highest BCUT2D eigenvalue weighted by molar-refractivity contribution is 6.93. The van der Waals surface area contributed by atoms with Crippen molar-refractivity contribution >= 4 is 26.5 Å². The van der Waals surface area contributed by atoms with Crippen molar-refractivity contribution in [2.75, 3.05) is 0 Å². The first-order chi connectivity index (χ1) is 18.5. The van der Waals surface area contributed by atoms with Crippen LogP contribution in [0.2, 0.25) is 37.3 Å². The van der Waals surface area contributed by atoms with Crippen LogP contribution in [0.5, 0.6) is 0 Å². The Labute approximate surface area is 233 Å². The van der Waals surface area contributed by atoms with E-state index in [9.17, 15) is 9.59 Å². The Kier molecular flexibility index (Phi) is 6.93. The maximum atomic E-state index is 14.2. The molecule has 7 heteroatoms. The number of aromatic nitrogens is 3. The normalized spacial score (nSPS) is 18.1. The molecule has 4 aromatic rings. The molecule has 0 spiro atoms. The van der Waals surface area contributed by atoms with Crippen LogP contribution < -0.4 is 21.8 Å². The van der Waals surface area contributed by atoms with E-state index in [-0.39, 0.29) is 28.5 Å². The molecule has 0 unspecified atom stereocenters. The molecule has 2 heterocycles. The molecule has 0 amide bonds. The van der Waals surface area contributed by atoms with Crippen molar-refractivity contribution in [3.63, 3.8) is 0 Å². The van der Waals surface area contributed by atoms with Gasteiger partial charge in [0, 0.05) is 12.1 Å². The van der Waals surface area contributed by atoms with Gasteiger partial charge in [-0.05, 0) is 31.5 Å². The number of hydrogen-bond donors (Lipinski definition) is 0. The third-order valence-corrected chi connectivity index (χ3v) is 17.4. The van der Waals surface area contributed by atoms with Crippen molar-refractivity contribution < 1.29 is 0 Å². The van der Waals surface area contributed by atoms with Crippen molar-refractivity contribution in [1.29, 1.82) is 0 Å². The van der Waals surface area contributed by atoms with Gasteiger partial charge in [0.25, 0.3) is 0 Å². The van der Waals surface area contributed by atoms with Crippen LogP contribution in [-0.2, 0) is 6.54 Å². The van der Waals surface area contributed by atoms with Crippen LogP contribution in [0.25, 0.3) is 5.69 Å². The van der Waals surface area contributed by atoms with Crippen molar-refractivity contribution in [3.05, 3.63) is 124 Å². The lowest BCUT2D eigenvalue weighted by atomic mass is 10.1. The smallest absolute Gasteiger partial charge is 0.246 e. The first-order valence-corrected chi connectivity index (χ1v) is 19.9. The SMILES string of the molecule is C=C[C@@H]([C@@H]1[C@@H]([Si](C)(C)c2ccc(C)cc2)Cn2c(=O)n(-c3ccccc3)c(=O)n21)[Si](C)(C)c1ccc(C)cc1. The molecule has 39 heavy (non-hydrogen) atoms. The highest BCUT2D eigenvalue weighted by Gasteiger charge is 2.52. The summed E-state index contributed by atoms with van der Waals surface area (Å²) in [5.41, 5.74) is 2.77. The van der Waals surface area contributed by atoms with E-state index < -0.39 is 16.1 Å². The number of rotatable bonds is 7. The maximum absolute atomic E-state index is 14.2. The van der Waals surface area contributed by atoms with E-state index in [0.29, 0.717) is 12.2 Å². The van der Waals surface area contributed by atoms with Crippen LogP contribution >= 0.6 is 0 Å². The summed E-state index contributed by atoms with van der Waals surface area (Å²) < 4.78 is 4.87. The largest absolute Gasteiger partial charge is 0.352 e. The van der Waals surface area contributed by atoms with E-state index >= 15 is 0 Å². The molecule has 1 aliphatic rings. The number of hydrogen-bond acceptors (Lipinski definition) is 2. The maximum Gasteiger partial charge on any atom is 0.352 e. The molecule has 0 aliphatic carbocycles. The van der Waals surface area contributed by atoms with E-state index in [1.54, 1.807) is 9.36 Å². The fraction of sp³-hybridized carbons (Fsp3) is 0.312. The Balaban J connectivity index is 1.72. The van der Waals surface area contributed by atoms with Crippen LogP contribution in [0.4, 0.5) is 0 Å². The molecule has 0 bridgehead atoms. The number of aryl methyl sites for hydroxylation is 2. The third-order valence-electron chi connectivity index (χ3n) is 9.11. The molecular weight excluding hydrogens is 515 g/mol. The second-order valence-corrected chi connectivity index (χ2v) is 21.6. The van der Waals surface area contributed by atoms with Gasteiger partial charge in [-0.25, -0.2) is 23.5 Å². The van der Waals surface area contributed by atoms with Crippen molar-refractivity contribution in [3.8, 4) is 5.69 Å². The van der Waals surface area contributed by atoms with E-state index in [4.69, 9.17) is 0 Å². The zero-order valence-corrected chi connectivity index (χ0v) is 25.9. The zero-order chi connectivity index (χ0) is 28.1. The topological polar surface area (TPSA) is 48.9 Å². The zero-order valence-electron chi connectivity index (χ0n) is 23.9. The quantitative estimate of drug-likeness (QED) is 0.235. The predicted octanol–water partition coefficient (Wildman–Crippen LogP) is 5.13. The fourth-order valence-corrected chi connectivity index (χ4v) is 13.2. The Morgan fingerprint density at radius 3 is 1.87 bits per heavy atom. The highest BCUT2D eigenvalue weighted by atomic mass is 28.3. The highest BCUT2D eigenvalue weighted by Crippen LogP contribution is 2.49. The summed E-state index contributed by atoms with van der Waals surface area (Å²) in [5.74, 6) is 0. The van der Waals surface area contributed by atoms with E-state index in [1.165, 1.54) is 26.1 Å². The van der Waals surface area contributed by atoms with Crippen LogP contribution in [0, 0.1) is 13.8 Å². The van der Waals surface area contributed by atoms with Gasteiger partial charge in [-0.1, -0.05) is 120 Å². The van der Waals surface area contributed by atoms with Gasteiger partial charge in [0.2, 0.25) is 0 Å². The third kappa shape index (κ3) is 4.47. The monoisotopic (exact) mass is 553 g/mol. The molecule has 1 aromatic heterocycles. The van der Waals surface area contributed by atoms with Gasteiger partial charge in [-0.2, -0.15) is 0 Å². The van der Waals surface area contributed by atoms with Crippen molar-refractivity contribution in [2.45, 2.75) is 63.7 Å². The van der Waals surface area contributed by atoms with Gasteiger partial charge >= 0.3 is 11.4 Å². The van der Waals surface area contributed by atoms with Gasteiger partial charge in [-0.15, -0.1) is 6.58 Å². The van der Waals surface area contributed by atoms with Gasteiger partial charge in [0.1, 0.15) is 0 Å². The van der Waals surface area contributed by atoms with Gasteiger partial charge < -0.3 is 0 Å². The summed E-state index contributed by atoms with van der Waals surface area (Å²) in [6, 6.07) is 26.8. The molecule has 0 N–H and O–H groups in total. The standard InChI is InChI=1S/C32H39N3O2Si2/c1-8-28(38(4,5)26-18-14-23(2)15-19-26)30-29(39(6,7)27-20-16-24(3)17-21-27)22-33-31(36)34(32(37)35(30)33)25-12-10-9-11-13-25/h8-21,28-30H,1,22H2,2-7H3/t28-,29-,30+/m0/s1. The number of allylic oxidation sites excluding steroid dienone is 1.